The van der Waals surface area contributed by atoms with Crippen LogP contribution in [0.5, 0.6) is 0 Å². The Morgan fingerprint density at radius 2 is 2.00 bits per heavy atom. The van der Waals surface area contributed by atoms with Crippen molar-refractivity contribution in [2.24, 2.45) is 11.7 Å². The fourth-order valence-corrected chi connectivity index (χ4v) is 3.39. The number of carbonyl (C=O) groups is 2. The van der Waals surface area contributed by atoms with Crippen molar-refractivity contribution in [1.82, 2.24) is 4.90 Å². The first-order valence-corrected chi connectivity index (χ1v) is 8.67. The summed E-state index contributed by atoms with van der Waals surface area (Å²) in [7, 11) is 0. The molecule has 1 heterocycles. The smallest absolute Gasteiger partial charge is 0.254 e. The quantitative estimate of drug-likeness (QED) is 0.881. The van der Waals surface area contributed by atoms with Crippen LogP contribution < -0.4 is 11.1 Å². The maximum Gasteiger partial charge on any atom is 0.254 e. The van der Waals surface area contributed by atoms with Gasteiger partial charge in [0.15, 0.2) is 0 Å². The van der Waals surface area contributed by atoms with Gasteiger partial charge in [-0.15, -0.1) is 0 Å². The Morgan fingerprint density at radius 3 is 2.75 bits per heavy atom. The third-order valence-corrected chi connectivity index (χ3v) is 4.76. The van der Waals surface area contributed by atoms with Crippen LogP contribution in [0.25, 0.3) is 0 Å². The van der Waals surface area contributed by atoms with Crippen molar-refractivity contribution in [2.75, 3.05) is 31.6 Å². The maximum absolute atomic E-state index is 12.5. The minimum Gasteiger partial charge on any atom is -0.378 e. The molecule has 1 saturated heterocycles. The summed E-state index contributed by atoms with van der Waals surface area (Å²) < 4.78 is 5.28. The minimum atomic E-state index is -0.0349. The van der Waals surface area contributed by atoms with E-state index < -0.39 is 0 Å². The van der Waals surface area contributed by atoms with Crippen molar-refractivity contribution < 1.29 is 14.3 Å². The zero-order chi connectivity index (χ0) is 16.9. The number of nitrogens with zero attached hydrogens (tertiary/aromatic N) is 1. The standard InChI is InChI=1S/C18H25N3O3/c19-15-5-1-3-13(11-15)17(22)20-16-6-2-4-14(12-16)18(23)21-7-9-24-10-8-21/h2,4,6,12-13,15H,1,3,5,7-11,19H2,(H,20,22). The molecule has 0 radical (unpaired) electrons. The van der Waals surface area contributed by atoms with Crippen LogP contribution in [-0.4, -0.2) is 49.1 Å². The number of hydrogen-bond donors (Lipinski definition) is 2. The second kappa shape index (κ2) is 7.77. The molecule has 2 atom stereocenters. The largest absolute Gasteiger partial charge is 0.378 e. The summed E-state index contributed by atoms with van der Waals surface area (Å²) in [4.78, 5) is 26.7. The molecular weight excluding hydrogens is 306 g/mol. The van der Waals surface area contributed by atoms with Crippen molar-refractivity contribution in [3.63, 3.8) is 0 Å². The SMILES string of the molecule is NC1CCCC(C(=O)Nc2cccc(C(=O)N3CCOCC3)c2)C1. The predicted octanol–water partition coefficient (Wildman–Crippen LogP) is 1.61. The van der Waals surface area contributed by atoms with Crippen molar-refractivity contribution in [3.05, 3.63) is 29.8 Å². The lowest BCUT2D eigenvalue weighted by Gasteiger charge is -2.27. The van der Waals surface area contributed by atoms with Gasteiger partial charge in [-0.1, -0.05) is 12.5 Å². The zero-order valence-electron chi connectivity index (χ0n) is 13.9. The van der Waals surface area contributed by atoms with E-state index in [0.29, 0.717) is 37.6 Å². The molecular formula is C18H25N3O3. The normalized spacial score (nSPS) is 24.5. The third kappa shape index (κ3) is 4.13. The number of ether oxygens (including phenoxy) is 1. The van der Waals surface area contributed by atoms with Gasteiger partial charge in [-0.2, -0.15) is 0 Å². The molecule has 0 aromatic heterocycles. The Balaban J connectivity index is 1.64. The molecule has 6 nitrogen and oxygen atoms in total. The molecule has 0 bridgehead atoms. The van der Waals surface area contributed by atoms with Gasteiger partial charge < -0.3 is 20.7 Å². The molecule has 1 saturated carbocycles. The number of morpholine rings is 1. The van der Waals surface area contributed by atoms with E-state index in [1.54, 1.807) is 23.1 Å². The molecule has 1 aliphatic heterocycles. The number of anilines is 1. The van der Waals surface area contributed by atoms with E-state index >= 15 is 0 Å². The van der Waals surface area contributed by atoms with Crippen molar-refractivity contribution in [2.45, 2.75) is 31.7 Å². The molecule has 1 aromatic carbocycles. The molecule has 1 aliphatic carbocycles. The average Bonchev–Trinajstić information content (AvgIpc) is 2.62. The highest BCUT2D eigenvalue weighted by atomic mass is 16.5. The van der Waals surface area contributed by atoms with E-state index in [4.69, 9.17) is 10.5 Å². The molecule has 3 rings (SSSR count). The molecule has 2 aliphatic rings. The highest BCUT2D eigenvalue weighted by Gasteiger charge is 2.25. The van der Waals surface area contributed by atoms with Crippen LogP contribution in [0.2, 0.25) is 0 Å². The van der Waals surface area contributed by atoms with Crippen LogP contribution in [0, 0.1) is 5.92 Å². The third-order valence-electron chi connectivity index (χ3n) is 4.76. The van der Waals surface area contributed by atoms with E-state index in [0.717, 1.165) is 25.7 Å². The van der Waals surface area contributed by atoms with Crippen LogP contribution in [-0.2, 0) is 9.53 Å². The van der Waals surface area contributed by atoms with Gasteiger partial charge >= 0.3 is 0 Å². The second-order valence-corrected chi connectivity index (χ2v) is 6.60. The molecule has 2 unspecified atom stereocenters. The lowest BCUT2D eigenvalue weighted by molar-refractivity contribution is -0.120. The minimum absolute atomic E-state index is 0.00104. The summed E-state index contributed by atoms with van der Waals surface area (Å²) in [6.45, 7) is 2.36. The van der Waals surface area contributed by atoms with Gasteiger partial charge in [0.1, 0.15) is 0 Å². The van der Waals surface area contributed by atoms with E-state index in [1.165, 1.54) is 0 Å². The van der Waals surface area contributed by atoms with Crippen LogP contribution in [0.3, 0.4) is 0 Å². The molecule has 3 N–H and O–H groups in total. The lowest BCUT2D eigenvalue weighted by Crippen LogP contribution is -2.40. The number of nitrogens with one attached hydrogen (secondary N) is 1. The van der Waals surface area contributed by atoms with Gasteiger partial charge in [-0.3, -0.25) is 9.59 Å². The van der Waals surface area contributed by atoms with Crippen molar-refractivity contribution in [1.29, 1.82) is 0 Å². The van der Waals surface area contributed by atoms with Gasteiger partial charge in [0.05, 0.1) is 13.2 Å². The number of carbonyl (C=O) groups excluding carboxylic acids is 2. The molecule has 6 heteroatoms. The van der Waals surface area contributed by atoms with Crippen molar-refractivity contribution in [3.8, 4) is 0 Å². The summed E-state index contributed by atoms with van der Waals surface area (Å²) in [6.07, 6.45) is 3.60. The highest BCUT2D eigenvalue weighted by molar-refractivity contribution is 5.97. The molecule has 130 valence electrons. The first-order chi connectivity index (χ1) is 11.6. The van der Waals surface area contributed by atoms with E-state index in [1.807, 2.05) is 6.07 Å². The molecule has 2 fully saturated rings. The van der Waals surface area contributed by atoms with Gasteiger partial charge in [-0.25, -0.2) is 0 Å². The lowest BCUT2D eigenvalue weighted by atomic mass is 9.85. The maximum atomic E-state index is 12.5. The van der Waals surface area contributed by atoms with E-state index in [-0.39, 0.29) is 23.8 Å². The predicted molar refractivity (Wildman–Crippen MR) is 91.7 cm³/mol. The summed E-state index contributed by atoms with van der Waals surface area (Å²) in [6, 6.07) is 7.26. The monoisotopic (exact) mass is 331 g/mol. The molecule has 24 heavy (non-hydrogen) atoms. The topological polar surface area (TPSA) is 84.7 Å². The first kappa shape index (κ1) is 16.9. The van der Waals surface area contributed by atoms with E-state index in [9.17, 15) is 9.59 Å². The number of rotatable bonds is 3. The van der Waals surface area contributed by atoms with Crippen LogP contribution in [0.15, 0.2) is 24.3 Å². The first-order valence-electron chi connectivity index (χ1n) is 8.67. The summed E-state index contributed by atoms with van der Waals surface area (Å²) in [5.74, 6) is -0.0532. The average molecular weight is 331 g/mol. The Labute approximate surface area is 142 Å². The zero-order valence-corrected chi connectivity index (χ0v) is 13.9. The summed E-state index contributed by atoms with van der Waals surface area (Å²) in [5, 5.41) is 2.94. The molecule has 2 amide bonds. The Morgan fingerprint density at radius 1 is 1.21 bits per heavy atom. The highest BCUT2D eigenvalue weighted by Crippen LogP contribution is 2.25. The fourth-order valence-electron chi connectivity index (χ4n) is 3.39. The Kier molecular flexibility index (Phi) is 5.48. The van der Waals surface area contributed by atoms with Gasteiger partial charge in [-0.05, 0) is 37.5 Å². The van der Waals surface area contributed by atoms with Gasteiger partial charge in [0.25, 0.3) is 5.91 Å². The number of nitrogens with two attached hydrogens (primary N) is 1. The Bertz CT molecular complexity index is 599. The second-order valence-electron chi connectivity index (χ2n) is 6.60. The van der Waals surface area contributed by atoms with Crippen LogP contribution >= 0.6 is 0 Å². The van der Waals surface area contributed by atoms with Crippen LogP contribution in [0.4, 0.5) is 5.69 Å². The number of amides is 2. The fraction of sp³-hybridized carbons (Fsp3) is 0.556. The number of benzene rings is 1. The summed E-state index contributed by atoms with van der Waals surface area (Å²) in [5.41, 5.74) is 7.22. The van der Waals surface area contributed by atoms with Crippen LogP contribution in [0.1, 0.15) is 36.0 Å². The molecule has 1 aromatic rings. The van der Waals surface area contributed by atoms with E-state index in [2.05, 4.69) is 5.32 Å². The number of hydrogen-bond acceptors (Lipinski definition) is 4. The van der Waals surface area contributed by atoms with Gasteiger partial charge in [0, 0.05) is 36.3 Å². The summed E-state index contributed by atoms with van der Waals surface area (Å²) >= 11 is 0. The van der Waals surface area contributed by atoms with Crippen molar-refractivity contribution >= 4 is 17.5 Å². The molecule has 0 spiro atoms. The Hall–Kier alpha value is -1.92. The van der Waals surface area contributed by atoms with Gasteiger partial charge in [0.2, 0.25) is 5.91 Å².